The normalized spacial score (nSPS) is 6.17. The van der Waals surface area contributed by atoms with Gasteiger partial charge in [-0.05, 0) is 0 Å². The second-order valence-electron chi connectivity index (χ2n) is 1.02. The maximum Gasteiger partial charge on any atom is 0 e. The van der Waals surface area contributed by atoms with Crippen LogP contribution in [0.4, 0.5) is 0 Å². The molecule has 0 aromatic rings. The van der Waals surface area contributed by atoms with Crippen LogP contribution in [0.15, 0.2) is 6.08 Å². The number of allylic oxidation sites excluding steroid dienone is 1. The Morgan fingerprint density at radius 1 is 1.67 bits per heavy atom. The van der Waals surface area contributed by atoms with Crippen molar-refractivity contribution in [2.24, 2.45) is 0 Å². The number of hydrogen-bond donors (Lipinski definition) is 0. The van der Waals surface area contributed by atoms with E-state index in [1.807, 2.05) is 0 Å². The van der Waals surface area contributed by atoms with Crippen LogP contribution in [0.1, 0.15) is 19.8 Å². The average Bonchev–Trinajstić information content (AvgIpc) is 1.41. The minimum atomic E-state index is 0. The molecule has 0 aromatic heterocycles. The van der Waals surface area contributed by atoms with Crippen molar-refractivity contribution < 1.29 is 16.5 Å². The van der Waals surface area contributed by atoms with Crippen LogP contribution in [-0.2, 0) is 16.5 Å². The van der Waals surface area contributed by atoms with Crippen molar-refractivity contribution in [2.45, 2.75) is 19.8 Å². The zero-order valence-electron chi connectivity index (χ0n) is 3.89. The van der Waals surface area contributed by atoms with Crippen LogP contribution in [0.2, 0.25) is 0 Å². The summed E-state index contributed by atoms with van der Waals surface area (Å²) in [5.41, 5.74) is 0. The topological polar surface area (TPSA) is 0 Å². The van der Waals surface area contributed by atoms with Crippen molar-refractivity contribution in [3.8, 4) is 0 Å². The van der Waals surface area contributed by atoms with Crippen LogP contribution in [0.25, 0.3) is 0 Å². The van der Waals surface area contributed by atoms with Crippen LogP contribution < -0.4 is 0 Å². The molecule has 0 aliphatic carbocycles. The van der Waals surface area contributed by atoms with Gasteiger partial charge in [-0.15, -0.1) is 0 Å². The molecular formula is C5H9Ni-. The van der Waals surface area contributed by atoms with Gasteiger partial charge in [0.2, 0.25) is 0 Å². The average molecular weight is 128 g/mol. The van der Waals surface area contributed by atoms with Gasteiger partial charge in [-0.2, -0.15) is 0 Å². The van der Waals surface area contributed by atoms with Crippen molar-refractivity contribution >= 4 is 0 Å². The molecule has 0 atom stereocenters. The van der Waals surface area contributed by atoms with E-state index in [9.17, 15) is 0 Å². The Bertz CT molecular complexity index is 25.1. The van der Waals surface area contributed by atoms with Crippen LogP contribution in [-0.4, -0.2) is 0 Å². The molecule has 0 bridgehead atoms. The van der Waals surface area contributed by atoms with Gasteiger partial charge in [0.25, 0.3) is 0 Å². The summed E-state index contributed by atoms with van der Waals surface area (Å²) < 4.78 is 0. The van der Waals surface area contributed by atoms with E-state index in [1.54, 1.807) is 6.08 Å². The van der Waals surface area contributed by atoms with E-state index in [0.717, 1.165) is 12.8 Å². The summed E-state index contributed by atoms with van der Waals surface area (Å²) in [6.45, 7) is 7.11. The first-order valence-corrected chi connectivity index (χ1v) is 1.95. The molecule has 0 aromatic carbocycles. The fourth-order valence-electron chi connectivity index (χ4n) is 0.167. The van der Waals surface area contributed by atoms with Crippen LogP contribution in [0, 0.1) is 6.58 Å². The van der Waals surface area contributed by atoms with Crippen molar-refractivity contribution in [2.75, 3.05) is 0 Å². The first kappa shape index (κ1) is 9.53. The molecule has 0 spiro atoms. The van der Waals surface area contributed by atoms with E-state index in [0.29, 0.717) is 0 Å². The monoisotopic (exact) mass is 127 g/mol. The third-order valence-corrected chi connectivity index (χ3v) is 0.455. The fourth-order valence-corrected chi connectivity index (χ4v) is 0.167. The van der Waals surface area contributed by atoms with Gasteiger partial charge in [-0.3, -0.25) is 6.08 Å². The van der Waals surface area contributed by atoms with Gasteiger partial charge < -0.3 is 6.58 Å². The predicted octanol–water partition coefficient (Wildman–Crippen LogP) is 1.77. The molecule has 0 radical (unpaired) electrons. The molecule has 6 heavy (non-hydrogen) atoms. The minimum Gasteiger partial charge on any atom is -0.518 e. The first-order valence-electron chi connectivity index (χ1n) is 1.95. The molecule has 0 nitrogen and oxygen atoms in total. The van der Waals surface area contributed by atoms with E-state index in [1.165, 1.54) is 0 Å². The molecule has 0 heterocycles. The second-order valence-corrected chi connectivity index (χ2v) is 1.02. The largest absolute Gasteiger partial charge is 0.518 e. The van der Waals surface area contributed by atoms with Gasteiger partial charge in [0.1, 0.15) is 0 Å². The summed E-state index contributed by atoms with van der Waals surface area (Å²) in [4.78, 5) is 0. The fraction of sp³-hybridized carbons (Fsp3) is 0.600. The summed E-state index contributed by atoms with van der Waals surface area (Å²) in [5, 5.41) is 0. The van der Waals surface area contributed by atoms with Gasteiger partial charge in [0.15, 0.2) is 0 Å². The van der Waals surface area contributed by atoms with Gasteiger partial charge in [-0.25, -0.2) is 0 Å². The Morgan fingerprint density at radius 2 is 2.17 bits per heavy atom. The Balaban J connectivity index is 0. The maximum atomic E-state index is 5.01. The van der Waals surface area contributed by atoms with Crippen LogP contribution in [0.3, 0.4) is 0 Å². The van der Waals surface area contributed by atoms with Crippen molar-refractivity contribution in [1.82, 2.24) is 0 Å². The van der Waals surface area contributed by atoms with Gasteiger partial charge in [0, 0.05) is 16.5 Å². The van der Waals surface area contributed by atoms with Gasteiger partial charge >= 0.3 is 0 Å². The van der Waals surface area contributed by atoms with Crippen molar-refractivity contribution in [3.63, 3.8) is 0 Å². The smallest absolute Gasteiger partial charge is 0 e. The van der Waals surface area contributed by atoms with Crippen LogP contribution in [0.5, 0.6) is 0 Å². The molecule has 0 fully saturated rings. The Morgan fingerprint density at radius 3 is 2.17 bits per heavy atom. The zero-order valence-corrected chi connectivity index (χ0v) is 4.87. The quantitative estimate of drug-likeness (QED) is 0.392. The predicted molar refractivity (Wildman–Crippen MR) is 23.8 cm³/mol. The summed E-state index contributed by atoms with van der Waals surface area (Å²) >= 11 is 0. The van der Waals surface area contributed by atoms with Crippen LogP contribution >= 0.6 is 0 Å². The van der Waals surface area contributed by atoms with E-state index >= 15 is 0 Å². The third kappa shape index (κ3) is 8.87. The Hall–Kier alpha value is 0.234. The standard InChI is InChI=1S/C5H9.Ni/c1-3-5-4-2;/h1,3H,4-5H2,2H3;/q-1;. The Labute approximate surface area is 49.6 Å². The van der Waals surface area contributed by atoms with E-state index in [4.69, 9.17) is 6.58 Å². The van der Waals surface area contributed by atoms with Crippen molar-refractivity contribution in [3.05, 3.63) is 12.7 Å². The second kappa shape index (κ2) is 8.97. The molecule has 0 aliphatic rings. The van der Waals surface area contributed by atoms with Gasteiger partial charge in [-0.1, -0.05) is 19.8 Å². The molecule has 0 unspecified atom stereocenters. The third-order valence-electron chi connectivity index (χ3n) is 0.455. The molecule has 0 aliphatic heterocycles. The molecule has 0 saturated heterocycles. The summed E-state index contributed by atoms with van der Waals surface area (Å²) in [6.07, 6.45) is 3.89. The minimum absolute atomic E-state index is 0. The Kier molecular flexibility index (Phi) is 14.2. The molecular weight excluding hydrogens is 119 g/mol. The van der Waals surface area contributed by atoms with E-state index < -0.39 is 0 Å². The first-order chi connectivity index (χ1) is 2.41. The number of rotatable bonds is 2. The summed E-state index contributed by atoms with van der Waals surface area (Å²) in [7, 11) is 0. The molecule has 1 heteroatoms. The maximum absolute atomic E-state index is 5.01. The number of hydrogen-bond acceptors (Lipinski definition) is 0. The van der Waals surface area contributed by atoms with Crippen molar-refractivity contribution in [1.29, 1.82) is 0 Å². The molecule has 0 rings (SSSR count). The molecule has 40 valence electrons. The van der Waals surface area contributed by atoms with E-state index in [-0.39, 0.29) is 16.5 Å². The SMILES string of the molecule is [CH-]=CCCC.[Ni]. The number of unbranched alkanes of at least 4 members (excludes halogenated alkanes) is 1. The zero-order chi connectivity index (χ0) is 4.12. The molecule has 0 amide bonds. The summed E-state index contributed by atoms with van der Waals surface area (Å²) in [5.74, 6) is 0. The molecule has 0 saturated carbocycles. The van der Waals surface area contributed by atoms with E-state index in [2.05, 4.69) is 6.92 Å². The molecule has 0 N–H and O–H groups in total. The van der Waals surface area contributed by atoms with Gasteiger partial charge in [0.05, 0.1) is 0 Å². The summed E-state index contributed by atoms with van der Waals surface area (Å²) in [6, 6.07) is 0.